The molecule has 0 saturated carbocycles. The number of hydrogen-bond acceptors (Lipinski definition) is 5. The summed E-state index contributed by atoms with van der Waals surface area (Å²) in [5.41, 5.74) is 1.85. The third-order valence-electron chi connectivity index (χ3n) is 3.58. The molecule has 0 aliphatic rings. The number of aryl methyl sites for hydroxylation is 1. The van der Waals surface area contributed by atoms with E-state index in [9.17, 15) is 4.79 Å². The quantitative estimate of drug-likeness (QED) is 0.797. The molecule has 0 unspecified atom stereocenters. The Morgan fingerprint density at radius 2 is 1.96 bits per heavy atom. The predicted molar refractivity (Wildman–Crippen MR) is 92.6 cm³/mol. The van der Waals surface area contributed by atoms with Crippen LogP contribution >= 0.6 is 0 Å². The summed E-state index contributed by atoms with van der Waals surface area (Å²) in [6.45, 7) is 1.88. The third kappa shape index (κ3) is 3.10. The number of carbonyl (C=O) groups excluding carboxylic acids is 1. The Bertz CT molecular complexity index is 871. The molecule has 0 atom stereocenters. The van der Waals surface area contributed by atoms with Gasteiger partial charge in [-0.2, -0.15) is 0 Å². The van der Waals surface area contributed by atoms with Crippen molar-refractivity contribution in [3.63, 3.8) is 0 Å². The fourth-order valence-corrected chi connectivity index (χ4v) is 2.30. The zero-order valence-corrected chi connectivity index (χ0v) is 13.8. The Morgan fingerprint density at radius 3 is 2.67 bits per heavy atom. The van der Waals surface area contributed by atoms with Crippen LogP contribution in [0.15, 0.2) is 49.1 Å². The summed E-state index contributed by atoms with van der Waals surface area (Å²) in [5, 5.41) is 2.88. The van der Waals surface area contributed by atoms with Crippen LogP contribution < -0.4 is 10.2 Å². The van der Waals surface area contributed by atoms with Crippen LogP contribution in [-0.4, -0.2) is 39.5 Å². The van der Waals surface area contributed by atoms with E-state index in [4.69, 9.17) is 0 Å². The fourth-order valence-electron chi connectivity index (χ4n) is 2.30. The molecule has 7 nitrogen and oxygen atoms in total. The smallest absolute Gasteiger partial charge is 0.274 e. The minimum absolute atomic E-state index is 0.286. The largest absolute Gasteiger partial charge is 0.378 e. The second-order valence-electron chi connectivity index (χ2n) is 5.47. The Hall–Kier alpha value is -3.22. The first-order chi connectivity index (χ1) is 11.6. The lowest BCUT2D eigenvalue weighted by Crippen LogP contribution is -2.17. The summed E-state index contributed by atoms with van der Waals surface area (Å²) in [4.78, 5) is 27.2. The van der Waals surface area contributed by atoms with Crippen LogP contribution in [0, 0.1) is 6.92 Å². The van der Waals surface area contributed by atoms with Crippen molar-refractivity contribution < 1.29 is 4.79 Å². The lowest BCUT2D eigenvalue weighted by atomic mass is 10.2. The highest BCUT2D eigenvalue weighted by atomic mass is 16.1. The number of pyridine rings is 2. The SMILES string of the molecule is Cc1nccn1-c1ncccc1NC(=O)c1cc(N(C)C)ccn1. The molecule has 24 heavy (non-hydrogen) atoms. The molecule has 0 aliphatic heterocycles. The lowest BCUT2D eigenvalue weighted by Gasteiger charge is -2.14. The lowest BCUT2D eigenvalue weighted by molar-refractivity contribution is 0.102. The highest BCUT2D eigenvalue weighted by molar-refractivity contribution is 6.04. The zero-order valence-electron chi connectivity index (χ0n) is 13.8. The molecule has 0 aliphatic carbocycles. The summed E-state index contributed by atoms with van der Waals surface area (Å²) in [7, 11) is 3.83. The Morgan fingerprint density at radius 1 is 1.12 bits per heavy atom. The van der Waals surface area contributed by atoms with Crippen molar-refractivity contribution in [2.75, 3.05) is 24.3 Å². The molecule has 3 rings (SSSR count). The van der Waals surface area contributed by atoms with Crippen LogP contribution in [0.2, 0.25) is 0 Å². The number of rotatable bonds is 4. The molecule has 1 N–H and O–H groups in total. The number of imidazole rings is 1. The molecule has 0 radical (unpaired) electrons. The predicted octanol–water partition coefficient (Wildman–Crippen LogP) is 2.29. The number of hydrogen-bond donors (Lipinski definition) is 1. The average Bonchev–Trinajstić information content (AvgIpc) is 3.01. The zero-order chi connectivity index (χ0) is 17.1. The van der Waals surface area contributed by atoms with E-state index < -0.39 is 0 Å². The minimum atomic E-state index is -0.286. The third-order valence-corrected chi connectivity index (χ3v) is 3.58. The summed E-state index contributed by atoms with van der Waals surface area (Å²) in [6.07, 6.45) is 6.79. The molecule has 0 aromatic carbocycles. The van der Waals surface area contributed by atoms with E-state index in [1.807, 2.05) is 36.6 Å². The molecule has 0 saturated heterocycles. The molecule has 7 heteroatoms. The molecule has 0 fully saturated rings. The summed E-state index contributed by atoms with van der Waals surface area (Å²) in [6, 6.07) is 7.17. The van der Waals surface area contributed by atoms with E-state index in [2.05, 4.69) is 20.3 Å². The molecular weight excluding hydrogens is 304 g/mol. The normalized spacial score (nSPS) is 10.5. The van der Waals surface area contributed by atoms with Gasteiger partial charge in [0.2, 0.25) is 0 Å². The van der Waals surface area contributed by atoms with Gasteiger partial charge in [0.25, 0.3) is 5.91 Å². The number of carbonyl (C=O) groups is 1. The van der Waals surface area contributed by atoms with Gasteiger partial charge >= 0.3 is 0 Å². The van der Waals surface area contributed by atoms with Crippen LogP contribution in [0.1, 0.15) is 16.3 Å². The molecular formula is C17H18N6O. The first-order valence-corrected chi connectivity index (χ1v) is 7.46. The Labute approximate surface area is 140 Å². The van der Waals surface area contributed by atoms with Crippen molar-refractivity contribution in [1.29, 1.82) is 0 Å². The molecule has 3 aromatic rings. The molecule has 1 amide bonds. The van der Waals surface area contributed by atoms with Crippen molar-refractivity contribution >= 4 is 17.3 Å². The van der Waals surface area contributed by atoms with E-state index in [1.54, 1.807) is 43.0 Å². The number of nitrogens with one attached hydrogen (secondary N) is 1. The molecule has 122 valence electrons. The van der Waals surface area contributed by atoms with Crippen LogP contribution in [-0.2, 0) is 0 Å². The Balaban J connectivity index is 1.91. The van der Waals surface area contributed by atoms with Gasteiger partial charge < -0.3 is 10.2 Å². The average molecular weight is 322 g/mol. The summed E-state index contributed by atoms with van der Waals surface area (Å²) < 4.78 is 1.82. The number of anilines is 2. The van der Waals surface area contributed by atoms with Crippen molar-refractivity contribution in [3.05, 3.63) is 60.6 Å². The summed E-state index contributed by atoms with van der Waals surface area (Å²) in [5.74, 6) is 1.12. The van der Waals surface area contributed by atoms with Gasteiger partial charge in [-0.1, -0.05) is 0 Å². The highest BCUT2D eigenvalue weighted by Crippen LogP contribution is 2.20. The van der Waals surface area contributed by atoms with Gasteiger partial charge in [-0.25, -0.2) is 9.97 Å². The van der Waals surface area contributed by atoms with Crippen LogP contribution in [0.5, 0.6) is 0 Å². The van der Waals surface area contributed by atoms with E-state index in [-0.39, 0.29) is 5.91 Å². The maximum atomic E-state index is 12.6. The molecule has 0 spiro atoms. The fraction of sp³-hybridized carbons (Fsp3) is 0.176. The number of nitrogens with zero attached hydrogens (tertiary/aromatic N) is 5. The van der Waals surface area contributed by atoms with E-state index in [1.165, 1.54) is 0 Å². The maximum Gasteiger partial charge on any atom is 0.274 e. The molecule has 3 aromatic heterocycles. The second kappa shape index (κ2) is 6.49. The van der Waals surface area contributed by atoms with Gasteiger partial charge in [-0.15, -0.1) is 0 Å². The van der Waals surface area contributed by atoms with Gasteiger partial charge in [0.15, 0.2) is 5.82 Å². The summed E-state index contributed by atoms with van der Waals surface area (Å²) >= 11 is 0. The monoisotopic (exact) mass is 322 g/mol. The van der Waals surface area contributed by atoms with Gasteiger partial charge in [-0.3, -0.25) is 14.3 Å². The first kappa shape index (κ1) is 15.7. The van der Waals surface area contributed by atoms with E-state index >= 15 is 0 Å². The van der Waals surface area contributed by atoms with Gasteiger partial charge in [0.1, 0.15) is 11.5 Å². The van der Waals surface area contributed by atoms with Gasteiger partial charge in [-0.05, 0) is 31.2 Å². The van der Waals surface area contributed by atoms with Crippen LogP contribution in [0.3, 0.4) is 0 Å². The standard InChI is InChI=1S/C17H18N6O/c1-12-18-9-10-23(12)16-14(5-4-7-20-16)21-17(24)15-11-13(22(2)3)6-8-19-15/h4-11H,1-3H3,(H,21,24). The van der Waals surface area contributed by atoms with Crippen molar-refractivity contribution in [2.24, 2.45) is 0 Å². The van der Waals surface area contributed by atoms with Gasteiger partial charge in [0, 0.05) is 44.6 Å². The number of aromatic nitrogens is 4. The van der Waals surface area contributed by atoms with Crippen molar-refractivity contribution in [1.82, 2.24) is 19.5 Å². The topological polar surface area (TPSA) is 75.9 Å². The van der Waals surface area contributed by atoms with Crippen molar-refractivity contribution in [2.45, 2.75) is 6.92 Å². The second-order valence-corrected chi connectivity index (χ2v) is 5.47. The highest BCUT2D eigenvalue weighted by Gasteiger charge is 2.14. The van der Waals surface area contributed by atoms with E-state index in [0.717, 1.165) is 11.5 Å². The number of amides is 1. The van der Waals surface area contributed by atoms with Crippen LogP contribution in [0.4, 0.5) is 11.4 Å². The Kier molecular flexibility index (Phi) is 4.24. The van der Waals surface area contributed by atoms with Crippen molar-refractivity contribution in [3.8, 4) is 5.82 Å². The maximum absolute atomic E-state index is 12.6. The van der Waals surface area contributed by atoms with Gasteiger partial charge in [0.05, 0.1) is 5.69 Å². The van der Waals surface area contributed by atoms with Crippen LogP contribution in [0.25, 0.3) is 5.82 Å². The molecule has 3 heterocycles. The van der Waals surface area contributed by atoms with E-state index in [0.29, 0.717) is 17.2 Å². The minimum Gasteiger partial charge on any atom is -0.378 e. The molecule has 0 bridgehead atoms. The first-order valence-electron chi connectivity index (χ1n) is 7.46.